The van der Waals surface area contributed by atoms with Gasteiger partial charge in [0.05, 0.1) is 0 Å². The van der Waals surface area contributed by atoms with Gasteiger partial charge in [-0.1, -0.05) is 25.1 Å². The molecular weight excluding hydrogens is 236 g/mol. The molecule has 0 saturated carbocycles. The van der Waals surface area contributed by atoms with E-state index in [1.54, 1.807) is 6.33 Å². The Labute approximate surface area is 114 Å². The van der Waals surface area contributed by atoms with Crippen LogP contribution < -0.4 is 10.6 Å². The summed E-state index contributed by atoms with van der Waals surface area (Å²) in [5, 5.41) is 0. The zero-order valence-corrected chi connectivity index (χ0v) is 11.5. The van der Waals surface area contributed by atoms with Crippen molar-refractivity contribution in [3.05, 3.63) is 47.9 Å². The molecule has 0 amide bonds. The molecule has 19 heavy (non-hydrogen) atoms. The number of nitrogens with two attached hydrogens (primary N) is 1. The third-order valence-electron chi connectivity index (χ3n) is 3.02. The normalized spacial score (nSPS) is 10.4. The lowest BCUT2D eigenvalue weighted by molar-refractivity contribution is 0.752. The van der Waals surface area contributed by atoms with Crippen LogP contribution >= 0.6 is 0 Å². The first-order chi connectivity index (χ1) is 9.20. The molecule has 1 aromatic carbocycles. The minimum Gasteiger partial charge on any atom is -0.398 e. The number of hydrogen-bond donors (Lipinski definition) is 1. The highest BCUT2D eigenvalue weighted by Crippen LogP contribution is 2.18. The number of rotatable bonds is 5. The van der Waals surface area contributed by atoms with E-state index in [4.69, 9.17) is 5.73 Å². The van der Waals surface area contributed by atoms with Crippen molar-refractivity contribution in [3.63, 3.8) is 0 Å². The van der Waals surface area contributed by atoms with Gasteiger partial charge in [-0.3, -0.25) is 0 Å². The third-order valence-corrected chi connectivity index (χ3v) is 3.02. The van der Waals surface area contributed by atoms with Crippen molar-refractivity contribution >= 4 is 11.5 Å². The fourth-order valence-corrected chi connectivity index (χ4v) is 2.04. The first kappa shape index (κ1) is 13.3. The summed E-state index contributed by atoms with van der Waals surface area (Å²) in [7, 11) is 0. The van der Waals surface area contributed by atoms with Gasteiger partial charge in [0, 0.05) is 30.5 Å². The lowest BCUT2D eigenvalue weighted by atomic mass is 10.1. The maximum absolute atomic E-state index is 6.01. The highest BCUT2D eigenvalue weighted by Gasteiger charge is 2.09. The van der Waals surface area contributed by atoms with Crippen molar-refractivity contribution in [1.82, 2.24) is 9.97 Å². The molecule has 0 bridgehead atoms. The van der Waals surface area contributed by atoms with E-state index in [0.717, 1.165) is 42.3 Å². The fraction of sp³-hybridized carbons (Fsp3) is 0.333. The van der Waals surface area contributed by atoms with Gasteiger partial charge in [0.1, 0.15) is 12.1 Å². The Hall–Kier alpha value is -2.10. The Morgan fingerprint density at radius 3 is 2.68 bits per heavy atom. The maximum atomic E-state index is 6.01. The van der Waals surface area contributed by atoms with E-state index in [1.165, 1.54) is 0 Å². The van der Waals surface area contributed by atoms with E-state index in [9.17, 15) is 0 Å². The predicted molar refractivity (Wildman–Crippen MR) is 79.0 cm³/mol. The number of nitrogens with zero attached hydrogens (tertiary/aromatic N) is 3. The number of aryl methyl sites for hydroxylation is 1. The summed E-state index contributed by atoms with van der Waals surface area (Å²) in [6, 6.07) is 9.98. The quantitative estimate of drug-likeness (QED) is 0.836. The van der Waals surface area contributed by atoms with Crippen LogP contribution in [0.15, 0.2) is 36.7 Å². The van der Waals surface area contributed by atoms with E-state index in [0.29, 0.717) is 0 Å². The number of benzene rings is 1. The zero-order chi connectivity index (χ0) is 13.7. The molecule has 0 unspecified atom stereocenters. The average Bonchev–Trinajstić information content (AvgIpc) is 2.40. The molecule has 100 valence electrons. The van der Waals surface area contributed by atoms with E-state index in [-0.39, 0.29) is 0 Å². The lowest BCUT2D eigenvalue weighted by Crippen LogP contribution is -2.25. The monoisotopic (exact) mass is 256 g/mol. The van der Waals surface area contributed by atoms with Gasteiger partial charge in [0.15, 0.2) is 0 Å². The van der Waals surface area contributed by atoms with Crippen LogP contribution in [0, 0.1) is 6.92 Å². The van der Waals surface area contributed by atoms with Gasteiger partial charge in [-0.15, -0.1) is 0 Å². The average molecular weight is 256 g/mol. The van der Waals surface area contributed by atoms with Gasteiger partial charge in [0.25, 0.3) is 0 Å². The van der Waals surface area contributed by atoms with Gasteiger partial charge in [-0.2, -0.15) is 0 Å². The van der Waals surface area contributed by atoms with Crippen LogP contribution in [0.4, 0.5) is 11.5 Å². The van der Waals surface area contributed by atoms with Crippen molar-refractivity contribution in [3.8, 4) is 0 Å². The minimum atomic E-state index is 0.775. The summed E-state index contributed by atoms with van der Waals surface area (Å²) in [5.74, 6) is 0.956. The Morgan fingerprint density at radius 2 is 2.00 bits per heavy atom. The van der Waals surface area contributed by atoms with E-state index in [1.807, 2.05) is 31.2 Å². The van der Waals surface area contributed by atoms with Crippen molar-refractivity contribution in [1.29, 1.82) is 0 Å². The minimum absolute atomic E-state index is 0.775. The van der Waals surface area contributed by atoms with Crippen LogP contribution in [0.5, 0.6) is 0 Å². The molecule has 0 spiro atoms. The summed E-state index contributed by atoms with van der Waals surface area (Å²) in [4.78, 5) is 10.7. The van der Waals surface area contributed by atoms with Crippen molar-refractivity contribution in [2.45, 2.75) is 26.8 Å². The maximum Gasteiger partial charge on any atom is 0.132 e. The molecule has 2 N–H and O–H groups in total. The van der Waals surface area contributed by atoms with Crippen LogP contribution in [0.2, 0.25) is 0 Å². The summed E-state index contributed by atoms with van der Waals surface area (Å²) in [6.07, 6.45) is 2.68. The van der Waals surface area contributed by atoms with Crippen molar-refractivity contribution in [2.24, 2.45) is 0 Å². The lowest BCUT2D eigenvalue weighted by Gasteiger charge is -2.24. The molecule has 0 fully saturated rings. The molecule has 2 rings (SSSR count). The van der Waals surface area contributed by atoms with Gasteiger partial charge >= 0.3 is 0 Å². The Bertz CT molecular complexity index is 539. The summed E-state index contributed by atoms with van der Waals surface area (Å²) in [6.45, 7) is 5.86. The third kappa shape index (κ3) is 3.44. The van der Waals surface area contributed by atoms with Crippen molar-refractivity contribution in [2.75, 3.05) is 17.2 Å². The molecule has 0 aliphatic carbocycles. The van der Waals surface area contributed by atoms with Gasteiger partial charge < -0.3 is 10.6 Å². The van der Waals surface area contributed by atoms with Crippen LogP contribution in [0.3, 0.4) is 0 Å². The molecule has 0 aliphatic rings. The van der Waals surface area contributed by atoms with Gasteiger partial charge in [0.2, 0.25) is 0 Å². The number of nitrogen functional groups attached to an aromatic ring is 1. The number of aromatic nitrogens is 2. The Kier molecular flexibility index (Phi) is 4.34. The predicted octanol–water partition coefficient (Wildman–Crippen LogP) is 2.78. The second kappa shape index (κ2) is 6.18. The molecule has 1 heterocycles. The number of anilines is 2. The zero-order valence-electron chi connectivity index (χ0n) is 11.5. The standard InChI is InChI=1S/C15H20N4/c1-3-8-19(15-9-12(2)17-11-18-15)10-13-6-4-5-7-14(13)16/h4-7,9,11H,3,8,10,16H2,1-2H3. The van der Waals surface area contributed by atoms with Crippen LogP contribution in [-0.2, 0) is 6.54 Å². The molecule has 0 aliphatic heterocycles. The van der Waals surface area contributed by atoms with Crippen LogP contribution in [-0.4, -0.2) is 16.5 Å². The van der Waals surface area contributed by atoms with E-state index in [2.05, 4.69) is 27.9 Å². The highest BCUT2D eigenvalue weighted by molar-refractivity contribution is 5.49. The largest absolute Gasteiger partial charge is 0.398 e. The van der Waals surface area contributed by atoms with Gasteiger partial charge in [-0.25, -0.2) is 9.97 Å². The summed E-state index contributed by atoms with van der Waals surface area (Å²) in [5.41, 5.74) is 8.95. The first-order valence-corrected chi connectivity index (χ1v) is 6.57. The second-order valence-corrected chi connectivity index (χ2v) is 4.64. The van der Waals surface area contributed by atoms with Crippen LogP contribution in [0.1, 0.15) is 24.6 Å². The Balaban J connectivity index is 2.24. The molecule has 0 radical (unpaired) electrons. The molecule has 4 heteroatoms. The topological polar surface area (TPSA) is 55.0 Å². The molecule has 0 saturated heterocycles. The molecular formula is C15H20N4. The molecule has 0 atom stereocenters. The number of hydrogen-bond acceptors (Lipinski definition) is 4. The molecule has 2 aromatic rings. The van der Waals surface area contributed by atoms with Gasteiger partial charge in [-0.05, 0) is 25.0 Å². The summed E-state index contributed by atoms with van der Waals surface area (Å²) >= 11 is 0. The highest BCUT2D eigenvalue weighted by atomic mass is 15.2. The van der Waals surface area contributed by atoms with Crippen LogP contribution in [0.25, 0.3) is 0 Å². The first-order valence-electron chi connectivity index (χ1n) is 6.57. The smallest absolute Gasteiger partial charge is 0.132 e. The summed E-state index contributed by atoms with van der Waals surface area (Å²) < 4.78 is 0. The van der Waals surface area contributed by atoms with E-state index >= 15 is 0 Å². The number of para-hydroxylation sites is 1. The molecule has 1 aromatic heterocycles. The van der Waals surface area contributed by atoms with E-state index < -0.39 is 0 Å². The Morgan fingerprint density at radius 1 is 1.21 bits per heavy atom. The SMILES string of the molecule is CCCN(Cc1ccccc1N)c1cc(C)ncn1. The van der Waals surface area contributed by atoms with Crippen molar-refractivity contribution < 1.29 is 0 Å². The second-order valence-electron chi connectivity index (χ2n) is 4.64. The molecule has 4 nitrogen and oxygen atoms in total. The fourth-order valence-electron chi connectivity index (χ4n) is 2.04.